The van der Waals surface area contributed by atoms with Crippen LogP contribution in [0.25, 0.3) is 0 Å². The average molecular weight is 255 g/mol. The molecular formula is C11H11ClN2OS. The summed E-state index contributed by atoms with van der Waals surface area (Å²) < 4.78 is 0. The fourth-order valence-corrected chi connectivity index (χ4v) is 2.66. The molecule has 0 aliphatic heterocycles. The fourth-order valence-electron chi connectivity index (χ4n) is 1.47. The van der Waals surface area contributed by atoms with Gasteiger partial charge in [-0.25, -0.2) is 0 Å². The molecule has 0 bridgehead atoms. The molecule has 0 saturated heterocycles. The van der Waals surface area contributed by atoms with E-state index in [0.29, 0.717) is 15.8 Å². The lowest BCUT2D eigenvalue weighted by Crippen LogP contribution is -2.34. The molecule has 0 radical (unpaired) electrons. The monoisotopic (exact) mass is 254 g/mol. The maximum absolute atomic E-state index is 11.8. The van der Waals surface area contributed by atoms with E-state index in [1.54, 1.807) is 0 Å². The van der Waals surface area contributed by atoms with Crippen molar-refractivity contribution in [2.75, 3.05) is 0 Å². The Hall–Kier alpha value is -1.05. The number of amides is 1. The van der Waals surface area contributed by atoms with Crippen LogP contribution >= 0.6 is 22.9 Å². The van der Waals surface area contributed by atoms with Crippen LogP contribution in [-0.4, -0.2) is 11.9 Å². The highest BCUT2D eigenvalue weighted by molar-refractivity contribution is 7.13. The van der Waals surface area contributed by atoms with Gasteiger partial charge in [-0.15, -0.1) is 11.3 Å². The second-order valence-corrected chi connectivity index (χ2v) is 5.24. The Labute approximate surface area is 103 Å². The average Bonchev–Trinajstić information content (AvgIpc) is 3.04. The Bertz CT molecular complexity index is 459. The maximum Gasteiger partial charge on any atom is 0.263 e. The lowest BCUT2D eigenvalue weighted by atomic mass is 10.2. The number of nitriles is 1. The van der Waals surface area contributed by atoms with Crippen LogP contribution < -0.4 is 5.32 Å². The van der Waals surface area contributed by atoms with E-state index in [1.165, 1.54) is 11.3 Å². The number of carbonyl (C=O) groups excluding carboxylic acids is 1. The van der Waals surface area contributed by atoms with Crippen LogP contribution in [0.15, 0.2) is 5.38 Å². The number of thiophene rings is 1. The molecule has 16 heavy (non-hydrogen) atoms. The van der Waals surface area contributed by atoms with Crippen molar-refractivity contribution in [3.8, 4) is 6.07 Å². The van der Waals surface area contributed by atoms with E-state index in [-0.39, 0.29) is 11.9 Å². The van der Waals surface area contributed by atoms with Gasteiger partial charge in [-0.1, -0.05) is 11.6 Å². The first-order valence-electron chi connectivity index (χ1n) is 5.07. The van der Waals surface area contributed by atoms with Crippen molar-refractivity contribution in [3.63, 3.8) is 0 Å². The smallest absolute Gasteiger partial charge is 0.263 e. The van der Waals surface area contributed by atoms with E-state index in [9.17, 15) is 4.79 Å². The van der Waals surface area contributed by atoms with Crippen molar-refractivity contribution in [2.24, 2.45) is 5.92 Å². The van der Waals surface area contributed by atoms with Gasteiger partial charge in [-0.05, 0) is 36.6 Å². The fraction of sp³-hybridized carbons (Fsp3) is 0.455. The van der Waals surface area contributed by atoms with Gasteiger partial charge in [-0.2, -0.15) is 5.26 Å². The lowest BCUT2D eigenvalue weighted by molar-refractivity contribution is 0.0946. The molecule has 1 saturated carbocycles. The summed E-state index contributed by atoms with van der Waals surface area (Å²) in [6.07, 6.45) is 2.05. The zero-order valence-corrected chi connectivity index (χ0v) is 10.4. The van der Waals surface area contributed by atoms with Crippen LogP contribution in [0.4, 0.5) is 0 Å². The number of hydrogen-bond acceptors (Lipinski definition) is 3. The third-order valence-electron chi connectivity index (χ3n) is 2.62. The first kappa shape index (κ1) is 11.4. The minimum Gasteiger partial charge on any atom is -0.335 e. The van der Waals surface area contributed by atoms with Gasteiger partial charge >= 0.3 is 0 Å². The molecular weight excluding hydrogens is 244 g/mol. The summed E-state index contributed by atoms with van der Waals surface area (Å²) in [6.45, 7) is 1.86. The summed E-state index contributed by atoms with van der Waals surface area (Å²) in [6, 6.07) is 1.75. The Balaban J connectivity index is 2.08. The summed E-state index contributed by atoms with van der Waals surface area (Å²) in [5.41, 5.74) is 0.900. The number of halogens is 1. The van der Waals surface area contributed by atoms with Crippen molar-refractivity contribution >= 4 is 28.8 Å². The predicted molar refractivity (Wildman–Crippen MR) is 63.7 cm³/mol. The third kappa shape index (κ3) is 2.21. The standard InChI is InChI=1S/C11H11ClN2OS/c1-6-5-16-10(9(6)12)11(15)14-8(4-13)7-2-3-7/h5,7-8H,2-3H2,1H3,(H,14,15). The number of carbonyl (C=O) groups is 1. The van der Waals surface area contributed by atoms with Crippen molar-refractivity contribution in [1.29, 1.82) is 5.26 Å². The van der Waals surface area contributed by atoms with E-state index < -0.39 is 0 Å². The topological polar surface area (TPSA) is 52.9 Å². The second kappa shape index (κ2) is 4.44. The molecule has 3 nitrogen and oxygen atoms in total. The van der Waals surface area contributed by atoms with Crippen molar-refractivity contribution in [3.05, 3.63) is 20.8 Å². The van der Waals surface area contributed by atoms with Gasteiger partial charge in [0.15, 0.2) is 0 Å². The summed E-state index contributed by atoms with van der Waals surface area (Å²) in [5.74, 6) is 0.0929. The molecule has 1 heterocycles. The summed E-state index contributed by atoms with van der Waals surface area (Å²) in [7, 11) is 0. The Morgan fingerprint density at radius 1 is 1.75 bits per heavy atom. The largest absolute Gasteiger partial charge is 0.335 e. The minimum absolute atomic E-state index is 0.235. The molecule has 1 amide bonds. The number of nitrogens with zero attached hydrogens (tertiary/aromatic N) is 1. The molecule has 0 aromatic carbocycles. The first-order valence-corrected chi connectivity index (χ1v) is 6.33. The van der Waals surface area contributed by atoms with Crippen molar-refractivity contribution < 1.29 is 4.79 Å². The van der Waals surface area contributed by atoms with Gasteiger partial charge in [0.2, 0.25) is 0 Å². The molecule has 1 aliphatic rings. The molecule has 1 aromatic heterocycles. The third-order valence-corrected chi connectivity index (χ3v) is 4.32. The normalized spacial score (nSPS) is 16.6. The number of hydrogen-bond donors (Lipinski definition) is 1. The van der Waals surface area contributed by atoms with Crippen LogP contribution in [0, 0.1) is 24.2 Å². The SMILES string of the molecule is Cc1csc(C(=O)NC(C#N)C2CC2)c1Cl. The van der Waals surface area contributed by atoms with Gasteiger partial charge in [0.1, 0.15) is 10.9 Å². The van der Waals surface area contributed by atoms with Crippen LogP contribution in [0.2, 0.25) is 5.02 Å². The molecule has 2 rings (SSSR count). The van der Waals surface area contributed by atoms with Crippen LogP contribution in [0.3, 0.4) is 0 Å². The number of rotatable bonds is 3. The minimum atomic E-state index is -0.369. The van der Waals surface area contributed by atoms with E-state index in [4.69, 9.17) is 16.9 Å². The van der Waals surface area contributed by atoms with Gasteiger partial charge in [0, 0.05) is 0 Å². The zero-order chi connectivity index (χ0) is 11.7. The Morgan fingerprint density at radius 3 is 2.88 bits per heavy atom. The van der Waals surface area contributed by atoms with E-state index in [0.717, 1.165) is 18.4 Å². The highest BCUT2D eigenvalue weighted by Crippen LogP contribution is 2.33. The molecule has 5 heteroatoms. The predicted octanol–water partition coefficient (Wildman–Crippen LogP) is 2.74. The quantitative estimate of drug-likeness (QED) is 0.902. The number of aryl methyl sites for hydroxylation is 1. The van der Waals surface area contributed by atoms with Gasteiger partial charge in [0.25, 0.3) is 5.91 Å². The highest BCUT2D eigenvalue weighted by atomic mass is 35.5. The molecule has 1 aromatic rings. The van der Waals surface area contributed by atoms with E-state index in [2.05, 4.69) is 11.4 Å². The van der Waals surface area contributed by atoms with Crippen LogP contribution in [0.1, 0.15) is 28.1 Å². The summed E-state index contributed by atoms with van der Waals surface area (Å²) in [4.78, 5) is 12.3. The van der Waals surface area contributed by atoms with Crippen molar-refractivity contribution in [1.82, 2.24) is 5.32 Å². The highest BCUT2D eigenvalue weighted by Gasteiger charge is 2.33. The van der Waals surface area contributed by atoms with E-state index >= 15 is 0 Å². The van der Waals surface area contributed by atoms with E-state index in [1.807, 2.05) is 12.3 Å². The van der Waals surface area contributed by atoms with Gasteiger partial charge < -0.3 is 5.32 Å². The lowest BCUT2D eigenvalue weighted by Gasteiger charge is -2.09. The van der Waals surface area contributed by atoms with Crippen LogP contribution in [0.5, 0.6) is 0 Å². The Morgan fingerprint density at radius 2 is 2.44 bits per heavy atom. The molecule has 1 aliphatic carbocycles. The molecule has 1 atom stereocenters. The molecule has 1 N–H and O–H groups in total. The Kier molecular flexibility index (Phi) is 3.17. The zero-order valence-electron chi connectivity index (χ0n) is 8.79. The second-order valence-electron chi connectivity index (χ2n) is 3.98. The number of nitrogens with one attached hydrogen (secondary N) is 1. The molecule has 0 spiro atoms. The van der Waals surface area contributed by atoms with Gasteiger partial charge in [0.05, 0.1) is 11.1 Å². The maximum atomic E-state index is 11.8. The first-order chi connectivity index (χ1) is 7.63. The van der Waals surface area contributed by atoms with Crippen LogP contribution in [-0.2, 0) is 0 Å². The van der Waals surface area contributed by atoms with Crippen molar-refractivity contribution in [2.45, 2.75) is 25.8 Å². The molecule has 1 unspecified atom stereocenters. The molecule has 1 fully saturated rings. The van der Waals surface area contributed by atoms with Gasteiger partial charge in [-0.3, -0.25) is 4.79 Å². The summed E-state index contributed by atoms with van der Waals surface area (Å²) >= 11 is 7.31. The summed E-state index contributed by atoms with van der Waals surface area (Å²) in [5, 5.41) is 14.0. The molecule has 84 valence electrons.